The minimum Gasteiger partial charge on any atom is -0.413 e. The molecule has 4 heteroatoms. The molecule has 0 aliphatic heterocycles. The van der Waals surface area contributed by atoms with Crippen LogP contribution in [0.1, 0.15) is 5.56 Å². The van der Waals surface area contributed by atoms with Crippen LogP contribution in [0.2, 0.25) is 0 Å². The zero-order valence-electron chi connectivity index (χ0n) is 7.20. The Hall–Kier alpha value is -1.42. The molecule has 13 heavy (non-hydrogen) atoms. The Morgan fingerprint density at radius 2 is 2.00 bits per heavy atom. The van der Waals surface area contributed by atoms with Gasteiger partial charge in [-0.05, 0) is 24.4 Å². The zero-order chi connectivity index (χ0) is 9.68. The van der Waals surface area contributed by atoms with Crippen LogP contribution in [0.5, 0.6) is 0 Å². The van der Waals surface area contributed by atoms with Crippen molar-refractivity contribution in [3.63, 3.8) is 0 Å². The van der Waals surface area contributed by atoms with E-state index in [4.69, 9.17) is 22.4 Å². The van der Waals surface area contributed by atoms with E-state index in [2.05, 4.69) is 5.32 Å². The minimum atomic E-state index is 0.0555. The largest absolute Gasteiger partial charge is 0.413 e. The molecule has 2 N–H and O–H groups in total. The Labute approximate surface area is 82.2 Å². The normalized spacial score (nSPS) is 9.00. The fraction of sp³-hybridized carbons (Fsp3) is 0.111. The topological polar surface area (TPSA) is 45.1 Å². The maximum atomic E-state index is 7.51. The average Bonchev–Trinajstić information content (AvgIpc) is 2.19. The third-order valence-electron chi connectivity index (χ3n) is 1.43. The predicted octanol–water partition coefficient (Wildman–Crippen LogP) is 1.53. The molecule has 0 fully saturated rings. The van der Waals surface area contributed by atoms with Crippen molar-refractivity contribution in [2.75, 3.05) is 7.05 Å². The van der Waals surface area contributed by atoms with E-state index in [1.807, 2.05) is 18.2 Å². The number of ether oxygens (including phenoxy) is 1. The van der Waals surface area contributed by atoms with Gasteiger partial charge in [0, 0.05) is 12.6 Å². The summed E-state index contributed by atoms with van der Waals surface area (Å²) in [6.45, 7) is 0. The van der Waals surface area contributed by atoms with E-state index in [1.54, 1.807) is 19.2 Å². The quantitative estimate of drug-likeness (QED) is 0.405. The highest BCUT2D eigenvalue weighted by Gasteiger charge is 2.03. The number of hydrogen-bond donors (Lipinski definition) is 2. The first-order valence-electron chi connectivity index (χ1n) is 3.77. The standard InChI is InChI=1S/C9H10N2OS/c1-11-9(13)12-8(10)7-5-3-2-4-6-7/h2-6,10H,1H3,(H,11,13). The maximum absolute atomic E-state index is 7.51. The Bertz CT molecular complexity index is 311. The van der Waals surface area contributed by atoms with Crippen molar-refractivity contribution in [1.29, 1.82) is 5.41 Å². The number of thiocarbonyl (C=S) groups is 1. The monoisotopic (exact) mass is 194 g/mol. The summed E-state index contributed by atoms with van der Waals surface area (Å²) >= 11 is 4.76. The van der Waals surface area contributed by atoms with Gasteiger partial charge in [0.2, 0.25) is 5.90 Å². The second kappa shape index (κ2) is 4.57. The van der Waals surface area contributed by atoms with Crippen LogP contribution in [0, 0.1) is 5.41 Å². The van der Waals surface area contributed by atoms with Crippen molar-refractivity contribution in [1.82, 2.24) is 5.32 Å². The SMILES string of the molecule is CNC(=S)OC(=N)c1ccccc1. The fourth-order valence-electron chi connectivity index (χ4n) is 0.792. The van der Waals surface area contributed by atoms with Crippen LogP contribution in [0.15, 0.2) is 30.3 Å². The van der Waals surface area contributed by atoms with Crippen LogP contribution in [0.25, 0.3) is 0 Å². The smallest absolute Gasteiger partial charge is 0.263 e. The van der Waals surface area contributed by atoms with Gasteiger partial charge in [0.05, 0.1) is 0 Å². The molecule has 0 bridgehead atoms. The Balaban J connectivity index is 2.65. The second-order valence-electron chi connectivity index (χ2n) is 2.33. The molecule has 0 amide bonds. The van der Waals surface area contributed by atoms with Gasteiger partial charge >= 0.3 is 0 Å². The highest BCUT2D eigenvalue weighted by Crippen LogP contribution is 2.00. The van der Waals surface area contributed by atoms with Crippen LogP contribution in [-0.2, 0) is 4.74 Å². The molecule has 0 heterocycles. The molecule has 0 aliphatic carbocycles. The number of rotatable bonds is 1. The molecule has 0 saturated heterocycles. The third kappa shape index (κ3) is 2.83. The summed E-state index contributed by atoms with van der Waals surface area (Å²) in [4.78, 5) is 0. The first kappa shape index (κ1) is 9.67. The lowest BCUT2D eigenvalue weighted by atomic mass is 10.2. The van der Waals surface area contributed by atoms with Gasteiger partial charge in [-0.15, -0.1) is 0 Å². The fourth-order valence-corrected chi connectivity index (χ4v) is 0.876. The van der Waals surface area contributed by atoms with E-state index in [0.29, 0.717) is 5.56 Å². The first-order valence-corrected chi connectivity index (χ1v) is 4.18. The molecule has 0 spiro atoms. The van der Waals surface area contributed by atoms with Gasteiger partial charge in [-0.1, -0.05) is 18.2 Å². The number of benzene rings is 1. The van der Waals surface area contributed by atoms with Gasteiger partial charge < -0.3 is 10.1 Å². The van der Waals surface area contributed by atoms with E-state index < -0.39 is 0 Å². The summed E-state index contributed by atoms with van der Waals surface area (Å²) in [7, 11) is 1.65. The highest BCUT2D eigenvalue weighted by atomic mass is 32.1. The summed E-state index contributed by atoms with van der Waals surface area (Å²) in [5.41, 5.74) is 0.708. The van der Waals surface area contributed by atoms with Gasteiger partial charge in [-0.2, -0.15) is 0 Å². The zero-order valence-corrected chi connectivity index (χ0v) is 8.02. The molecule has 0 radical (unpaired) electrons. The summed E-state index contributed by atoms with van der Waals surface area (Å²) in [5.74, 6) is 0.0555. The van der Waals surface area contributed by atoms with Crippen LogP contribution in [-0.4, -0.2) is 18.1 Å². The van der Waals surface area contributed by atoms with Gasteiger partial charge in [0.1, 0.15) is 0 Å². The molecule has 0 aromatic heterocycles. The summed E-state index contributed by atoms with van der Waals surface area (Å²) in [6.07, 6.45) is 0. The molecule has 68 valence electrons. The lowest BCUT2D eigenvalue weighted by Crippen LogP contribution is -2.22. The summed E-state index contributed by atoms with van der Waals surface area (Å²) in [6, 6.07) is 9.15. The molecule has 0 saturated carbocycles. The second-order valence-corrected chi connectivity index (χ2v) is 2.71. The van der Waals surface area contributed by atoms with Crippen molar-refractivity contribution in [2.45, 2.75) is 0 Å². The summed E-state index contributed by atoms with van der Waals surface area (Å²) in [5, 5.41) is 10.4. The van der Waals surface area contributed by atoms with Crippen molar-refractivity contribution in [3.8, 4) is 0 Å². The number of hydrogen-bond acceptors (Lipinski definition) is 3. The van der Waals surface area contributed by atoms with Gasteiger partial charge in [-0.25, -0.2) is 0 Å². The molecular formula is C9H10N2OS. The lowest BCUT2D eigenvalue weighted by Gasteiger charge is -2.06. The maximum Gasteiger partial charge on any atom is 0.263 e. The summed E-state index contributed by atoms with van der Waals surface area (Å²) < 4.78 is 4.99. The van der Waals surface area contributed by atoms with Crippen molar-refractivity contribution < 1.29 is 4.74 Å². The molecule has 1 rings (SSSR count). The van der Waals surface area contributed by atoms with Crippen LogP contribution in [0.3, 0.4) is 0 Å². The molecular weight excluding hydrogens is 184 g/mol. The molecule has 0 atom stereocenters. The number of nitrogens with one attached hydrogen (secondary N) is 2. The molecule has 1 aromatic rings. The van der Waals surface area contributed by atoms with Gasteiger partial charge in [0.15, 0.2) is 0 Å². The predicted molar refractivity (Wildman–Crippen MR) is 56.0 cm³/mol. The van der Waals surface area contributed by atoms with Crippen LogP contribution >= 0.6 is 12.2 Å². The van der Waals surface area contributed by atoms with Gasteiger partial charge in [0.25, 0.3) is 5.17 Å². The average molecular weight is 194 g/mol. The van der Waals surface area contributed by atoms with E-state index in [-0.39, 0.29) is 11.1 Å². The van der Waals surface area contributed by atoms with Crippen molar-refractivity contribution >= 4 is 23.3 Å². The van der Waals surface area contributed by atoms with Crippen LogP contribution in [0.4, 0.5) is 0 Å². The van der Waals surface area contributed by atoms with Crippen molar-refractivity contribution in [3.05, 3.63) is 35.9 Å². The molecule has 0 unspecified atom stereocenters. The van der Waals surface area contributed by atoms with E-state index >= 15 is 0 Å². The molecule has 1 aromatic carbocycles. The Morgan fingerprint density at radius 3 is 2.54 bits per heavy atom. The van der Waals surface area contributed by atoms with Crippen LogP contribution < -0.4 is 5.32 Å². The van der Waals surface area contributed by atoms with Gasteiger partial charge in [-0.3, -0.25) is 5.41 Å². The third-order valence-corrected chi connectivity index (χ3v) is 1.72. The first-order chi connectivity index (χ1) is 6.24. The lowest BCUT2D eigenvalue weighted by molar-refractivity contribution is 0.532. The molecule has 0 aliphatic rings. The Kier molecular flexibility index (Phi) is 3.40. The Morgan fingerprint density at radius 1 is 1.38 bits per heavy atom. The van der Waals surface area contributed by atoms with Crippen molar-refractivity contribution in [2.24, 2.45) is 0 Å². The minimum absolute atomic E-state index is 0.0555. The van der Waals surface area contributed by atoms with E-state index in [1.165, 1.54) is 0 Å². The van der Waals surface area contributed by atoms with E-state index in [0.717, 1.165) is 0 Å². The molecule has 3 nitrogen and oxygen atoms in total. The van der Waals surface area contributed by atoms with E-state index in [9.17, 15) is 0 Å². The highest BCUT2D eigenvalue weighted by molar-refractivity contribution is 7.80.